The molecule has 2 aromatic rings. The van der Waals surface area contributed by atoms with Gasteiger partial charge in [0.15, 0.2) is 0 Å². The molecule has 0 fully saturated rings. The molecule has 0 aliphatic carbocycles. The van der Waals surface area contributed by atoms with Gasteiger partial charge in [0.25, 0.3) is 5.91 Å². The van der Waals surface area contributed by atoms with Gasteiger partial charge in [-0.2, -0.15) is 0 Å². The molecule has 0 atom stereocenters. The van der Waals surface area contributed by atoms with Crippen LogP contribution in [0.5, 0.6) is 0 Å². The highest BCUT2D eigenvalue weighted by Gasteiger charge is 2.08. The molecular formula is C15H17N3O. The van der Waals surface area contributed by atoms with Crippen LogP contribution in [-0.2, 0) is 6.54 Å². The molecule has 0 heterocycles. The summed E-state index contributed by atoms with van der Waals surface area (Å²) in [5.41, 5.74) is 15.2. The standard InChI is InChI=1S/C15H17N3O/c1-10-6-7-12(15(17)19)14(8-10)18-9-11-4-2-3-5-13(11)16/h2-8,18H,9,16H2,1H3,(H2,17,19). The summed E-state index contributed by atoms with van der Waals surface area (Å²) in [6.07, 6.45) is 0. The molecule has 0 aromatic heterocycles. The summed E-state index contributed by atoms with van der Waals surface area (Å²) in [6.45, 7) is 2.52. The number of hydrogen-bond acceptors (Lipinski definition) is 3. The lowest BCUT2D eigenvalue weighted by Crippen LogP contribution is -2.14. The number of nitrogens with one attached hydrogen (secondary N) is 1. The number of para-hydroxylation sites is 1. The van der Waals surface area contributed by atoms with Gasteiger partial charge in [-0.25, -0.2) is 0 Å². The van der Waals surface area contributed by atoms with Crippen molar-refractivity contribution in [3.8, 4) is 0 Å². The number of nitrogen functional groups attached to an aromatic ring is 1. The fourth-order valence-electron chi connectivity index (χ4n) is 1.90. The average Bonchev–Trinajstić information content (AvgIpc) is 2.37. The normalized spacial score (nSPS) is 10.2. The van der Waals surface area contributed by atoms with Crippen LogP contribution < -0.4 is 16.8 Å². The van der Waals surface area contributed by atoms with Crippen LogP contribution in [0, 0.1) is 6.92 Å². The molecule has 0 saturated heterocycles. The molecule has 19 heavy (non-hydrogen) atoms. The lowest BCUT2D eigenvalue weighted by Gasteiger charge is -2.12. The van der Waals surface area contributed by atoms with E-state index in [1.165, 1.54) is 0 Å². The van der Waals surface area contributed by atoms with Crippen LogP contribution in [-0.4, -0.2) is 5.91 Å². The minimum atomic E-state index is -0.441. The first-order valence-corrected chi connectivity index (χ1v) is 6.05. The quantitative estimate of drug-likeness (QED) is 0.733. The Morgan fingerprint density at radius 1 is 1.21 bits per heavy atom. The smallest absolute Gasteiger partial charge is 0.250 e. The van der Waals surface area contributed by atoms with Crippen molar-refractivity contribution < 1.29 is 4.79 Å². The van der Waals surface area contributed by atoms with Crippen LogP contribution in [0.4, 0.5) is 11.4 Å². The summed E-state index contributed by atoms with van der Waals surface area (Å²) < 4.78 is 0. The predicted octanol–water partition coefficient (Wildman–Crippen LogP) is 2.29. The van der Waals surface area contributed by atoms with Crippen LogP contribution in [0.3, 0.4) is 0 Å². The number of benzene rings is 2. The van der Waals surface area contributed by atoms with E-state index < -0.39 is 5.91 Å². The van der Waals surface area contributed by atoms with Crippen molar-refractivity contribution in [3.05, 3.63) is 59.2 Å². The third kappa shape index (κ3) is 3.04. The molecular weight excluding hydrogens is 238 g/mol. The molecule has 0 bridgehead atoms. The molecule has 0 saturated carbocycles. The summed E-state index contributed by atoms with van der Waals surface area (Å²) >= 11 is 0. The Hall–Kier alpha value is -2.49. The van der Waals surface area contributed by atoms with Crippen molar-refractivity contribution in [2.24, 2.45) is 5.73 Å². The zero-order valence-corrected chi connectivity index (χ0v) is 10.8. The first-order chi connectivity index (χ1) is 9.08. The number of nitrogens with two attached hydrogens (primary N) is 2. The Kier molecular flexibility index (Phi) is 3.71. The fourth-order valence-corrected chi connectivity index (χ4v) is 1.90. The first-order valence-electron chi connectivity index (χ1n) is 6.05. The number of carbonyl (C=O) groups excluding carboxylic acids is 1. The van der Waals surface area contributed by atoms with Crippen LogP contribution in [0.1, 0.15) is 21.5 Å². The van der Waals surface area contributed by atoms with E-state index in [0.717, 1.165) is 22.5 Å². The molecule has 0 unspecified atom stereocenters. The second kappa shape index (κ2) is 5.44. The summed E-state index contributed by atoms with van der Waals surface area (Å²) in [5.74, 6) is -0.441. The molecule has 1 amide bonds. The minimum Gasteiger partial charge on any atom is -0.398 e. The van der Waals surface area contributed by atoms with Crippen LogP contribution >= 0.6 is 0 Å². The number of aryl methyl sites for hydroxylation is 1. The van der Waals surface area contributed by atoms with Gasteiger partial charge in [0.05, 0.1) is 5.56 Å². The Balaban J connectivity index is 2.22. The van der Waals surface area contributed by atoms with Crippen molar-refractivity contribution in [1.82, 2.24) is 0 Å². The van der Waals surface area contributed by atoms with Crippen LogP contribution in [0.25, 0.3) is 0 Å². The highest BCUT2D eigenvalue weighted by molar-refractivity contribution is 5.98. The van der Waals surface area contributed by atoms with Crippen LogP contribution in [0.15, 0.2) is 42.5 Å². The number of carbonyl (C=O) groups is 1. The monoisotopic (exact) mass is 255 g/mol. The molecule has 98 valence electrons. The fraction of sp³-hybridized carbons (Fsp3) is 0.133. The number of rotatable bonds is 4. The third-order valence-corrected chi connectivity index (χ3v) is 2.96. The second-order valence-corrected chi connectivity index (χ2v) is 4.47. The number of hydrogen-bond donors (Lipinski definition) is 3. The molecule has 0 spiro atoms. The summed E-state index contributed by atoms with van der Waals surface area (Å²) in [6, 6.07) is 13.1. The van der Waals surface area contributed by atoms with Gasteiger partial charge < -0.3 is 16.8 Å². The van der Waals surface area contributed by atoms with E-state index in [0.29, 0.717) is 12.1 Å². The van der Waals surface area contributed by atoms with E-state index in [1.54, 1.807) is 6.07 Å². The SMILES string of the molecule is Cc1ccc(C(N)=O)c(NCc2ccccc2N)c1. The van der Waals surface area contributed by atoms with Crippen molar-refractivity contribution >= 4 is 17.3 Å². The number of amides is 1. The predicted molar refractivity (Wildman–Crippen MR) is 77.9 cm³/mol. The highest BCUT2D eigenvalue weighted by atomic mass is 16.1. The van der Waals surface area contributed by atoms with E-state index in [-0.39, 0.29) is 0 Å². The maximum absolute atomic E-state index is 11.4. The van der Waals surface area contributed by atoms with Gasteiger partial charge in [0.2, 0.25) is 0 Å². The second-order valence-electron chi connectivity index (χ2n) is 4.47. The molecule has 0 aliphatic heterocycles. The summed E-state index contributed by atoms with van der Waals surface area (Å²) in [4.78, 5) is 11.4. The summed E-state index contributed by atoms with van der Waals surface area (Å²) in [5, 5.41) is 3.21. The van der Waals surface area contributed by atoms with Gasteiger partial charge in [-0.05, 0) is 36.2 Å². The van der Waals surface area contributed by atoms with E-state index >= 15 is 0 Å². The first kappa shape index (κ1) is 13.0. The molecule has 4 heteroatoms. The Morgan fingerprint density at radius 2 is 1.95 bits per heavy atom. The number of primary amides is 1. The van der Waals surface area contributed by atoms with E-state index in [9.17, 15) is 4.79 Å². The van der Waals surface area contributed by atoms with Gasteiger partial charge in [0.1, 0.15) is 0 Å². The Morgan fingerprint density at radius 3 is 2.63 bits per heavy atom. The maximum Gasteiger partial charge on any atom is 0.250 e. The highest BCUT2D eigenvalue weighted by Crippen LogP contribution is 2.19. The largest absolute Gasteiger partial charge is 0.398 e. The maximum atomic E-state index is 11.4. The Bertz CT molecular complexity index is 608. The third-order valence-electron chi connectivity index (χ3n) is 2.96. The molecule has 5 N–H and O–H groups in total. The van der Waals surface area contributed by atoms with Crippen molar-refractivity contribution in [1.29, 1.82) is 0 Å². The van der Waals surface area contributed by atoms with Crippen molar-refractivity contribution in [3.63, 3.8) is 0 Å². The molecule has 2 aromatic carbocycles. The molecule has 0 aliphatic rings. The van der Waals surface area contributed by atoms with Crippen molar-refractivity contribution in [2.75, 3.05) is 11.1 Å². The van der Waals surface area contributed by atoms with Gasteiger partial charge in [0, 0.05) is 17.9 Å². The lowest BCUT2D eigenvalue weighted by molar-refractivity contribution is 0.100. The minimum absolute atomic E-state index is 0.441. The zero-order valence-electron chi connectivity index (χ0n) is 10.8. The zero-order chi connectivity index (χ0) is 13.8. The van der Waals surface area contributed by atoms with Crippen molar-refractivity contribution in [2.45, 2.75) is 13.5 Å². The van der Waals surface area contributed by atoms with Gasteiger partial charge >= 0.3 is 0 Å². The van der Waals surface area contributed by atoms with E-state index in [2.05, 4.69) is 5.32 Å². The van der Waals surface area contributed by atoms with Crippen LogP contribution in [0.2, 0.25) is 0 Å². The van der Waals surface area contributed by atoms with E-state index in [1.807, 2.05) is 43.3 Å². The lowest BCUT2D eigenvalue weighted by atomic mass is 10.1. The average molecular weight is 255 g/mol. The molecule has 2 rings (SSSR count). The molecule has 4 nitrogen and oxygen atoms in total. The van der Waals surface area contributed by atoms with Gasteiger partial charge in [-0.15, -0.1) is 0 Å². The van der Waals surface area contributed by atoms with E-state index in [4.69, 9.17) is 11.5 Å². The van der Waals surface area contributed by atoms with Gasteiger partial charge in [-0.3, -0.25) is 4.79 Å². The topological polar surface area (TPSA) is 81.1 Å². The molecule has 0 radical (unpaired) electrons. The van der Waals surface area contributed by atoms with Gasteiger partial charge in [-0.1, -0.05) is 24.3 Å². The number of anilines is 2. The Labute approximate surface area is 112 Å². The summed E-state index contributed by atoms with van der Waals surface area (Å²) in [7, 11) is 0.